The summed E-state index contributed by atoms with van der Waals surface area (Å²) in [7, 11) is 1.52. The number of amides is 1. The van der Waals surface area contributed by atoms with Crippen LogP contribution in [0, 0.1) is 6.92 Å². The predicted molar refractivity (Wildman–Crippen MR) is 78.8 cm³/mol. The molecule has 5 heteroatoms. The Balaban J connectivity index is 2.27. The zero-order valence-electron chi connectivity index (χ0n) is 11.1. The number of hydrogen-bond donors (Lipinski definition) is 2. The molecule has 0 atom stereocenters. The Morgan fingerprint density at radius 2 is 2.00 bits per heavy atom. The van der Waals surface area contributed by atoms with E-state index in [0.717, 1.165) is 0 Å². The maximum atomic E-state index is 12.2. The Bertz CT molecular complexity index is 656. The van der Waals surface area contributed by atoms with Crippen molar-refractivity contribution >= 4 is 23.2 Å². The lowest BCUT2D eigenvalue weighted by molar-refractivity contribution is 0.102. The molecular weight excluding hydrogens is 278 g/mol. The van der Waals surface area contributed by atoms with Crippen molar-refractivity contribution in [2.75, 3.05) is 12.4 Å². The highest BCUT2D eigenvalue weighted by Gasteiger charge is 2.11. The van der Waals surface area contributed by atoms with Gasteiger partial charge in [-0.25, -0.2) is 0 Å². The van der Waals surface area contributed by atoms with Gasteiger partial charge in [0.05, 0.1) is 12.8 Å². The van der Waals surface area contributed by atoms with Crippen LogP contribution in [0.4, 0.5) is 5.69 Å². The van der Waals surface area contributed by atoms with E-state index >= 15 is 0 Å². The summed E-state index contributed by atoms with van der Waals surface area (Å²) < 4.78 is 5.17. The third-order valence-corrected chi connectivity index (χ3v) is 3.10. The molecule has 2 rings (SSSR count). The van der Waals surface area contributed by atoms with E-state index < -0.39 is 0 Å². The van der Waals surface area contributed by atoms with Crippen molar-refractivity contribution in [3.8, 4) is 11.5 Å². The number of carbonyl (C=O) groups excluding carboxylic acids is 1. The molecule has 0 heterocycles. The zero-order chi connectivity index (χ0) is 14.7. The highest BCUT2D eigenvalue weighted by molar-refractivity contribution is 6.31. The van der Waals surface area contributed by atoms with Gasteiger partial charge in [-0.1, -0.05) is 11.6 Å². The molecule has 0 bridgehead atoms. The second kappa shape index (κ2) is 5.84. The van der Waals surface area contributed by atoms with Crippen LogP contribution in [-0.4, -0.2) is 18.1 Å². The second-order valence-corrected chi connectivity index (χ2v) is 4.74. The summed E-state index contributed by atoms with van der Waals surface area (Å²) >= 11 is 5.91. The SMILES string of the molecule is COc1ccc(Cl)cc1NC(=O)c1ccc(O)c(C)c1. The Labute approximate surface area is 122 Å². The number of methoxy groups -OCH3 is 1. The molecule has 0 aromatic heterocycles. The largest absolute Gasteiger partial charge is 0.508 e. The lowest BCUT2D eigenvalue weighted by atomic mass is 10.1. The summed E-state index contributed by atoms with van der Waals surface area (Å²) in [4.78, 5) is 12.2. The molecule has 2 aromatic carbocycles. The molecule has 2 aromatic rings. The first kappa shape index (κ1) is 14.2. The Morgan fingerprint density at radius 1 is 1.25 bits per heavy atom. The van der Waals surface area contributed by atoms with Gasteiger partial charge >= 0.3 is 0 Å². The third-order valence-electron chi connectivity index (χ3n) is 2.87. The smallest absolute Gasteiger partial charge is 0.255 e. The van der Waals surface area contributed by atoms with E-state index in [2.05, 4.69) is 5.32 Å². The maximum absolute atomic E-state index is 12.2. The third kappa shape index (κ3) is 3.03. The fourth-order valence-corrected chi connectivity index (χ4v) is 1.94. The number of ether oxygens (including phenoxy) is 1. The average Bonchev–Trinajstić information content (AvgIpc) is 2.42. The van der Waals surface area contributed by atoms with Crippen molar-refractivity contribution in [1.29, 1.82) is 0 Å². The number of anilines is 1. The number of aromatic hydroxyl groups is 1. The minimum absolute atomic E-state index is 0.155. The first-order valence-electron chi connectivity index (χ1n) is 5.96. The van der Waals surface area contributed by atoms with Crippen LogP contribution < -0.4 is 10.1 Å². The monoisotopic (exact) mass is 291 g/mol. The van der Waals surface area contributed by atoms with E-state index in [1.54, 1.807) is 37.3 Å². The molecule has 0 saturated carbocycles. The van der Waals surface area contributed by atoms with Gasteiger partial charge in [0.25, 0.3) is 5.91 Å². The van der Waals surface area contributed by atoms with E-state index in [4.69, 9.17) is 16.3 Å². The van der Waals surface area contributed by atoms with Crippen LogP contribution >= 0.6 is 11.6 Å². The van der Waals surface area contributed by atoms with E-state index in [-0.39, 0.29) is 11.7 Å². The van der Waals surface area contributed by atoms with Crippen LogP contribution in [0.2, 0.25) is 5.02 Å². The number of phenols is 1. The summed E-state index contributed by atoms with van der Waals surface area (Å²) in [6.45, 7) is 1.73. The summed E-state index contributed by atoms with van der Waals surface area (Å²) in [5.41, 5.74) is 1.58. The Kier molecular flexibility index (Phi) is 4.15. The van der Waals surface area contributed by atoms with Crippen LogP contribution in [0.3, 0.4) is 0 Å². The summed E-state index contributed by atoms with van der Waals surface area (Å²) in [5, 5.41) is 12.7. The topological polar surface area (TPSA) is 58.6 Å². The minimum atomic E-state index is -0.298. The van der Waals surface area contributed by atoms with Gasteiger partial charge in [-0.05, 0) is 48.9 Å². The molecule has 20 heavy (non-hydrogen) atoms. The molecule has 0 aliphatic carbocycles. The lowest BCUT2D eigenvalue weighted by Gasteiger charge is -2.11. The fraction of sp³-hybridized carbons (Fsp3) is 0.133. The highest BCUT2D eigenvalue weighted by atomic mass is 35.5. The van der Waals surface area contributed by atoms with Crippen LogP contribution in [0.5, 0.6) is 11.5 Å². The van der Waals surface area contributed by atoms with Gasteiger partial charge < -0.3 is 15.2 Å². The summed E-state index contributed by atoms with van der Waals surface area (Å²) in [6.07, 6.45) is 0. The van der Waals surface area contributed by atoms with Gasteiger partial charge in [-0.3, -0.25) is 4.79 Å². The van der Waals surface area contributed by atoms with E-state index in [1.807, 2.05) is 0 Å². The molecule has 2 N–H and O–H groups in total. The Morgan fingerprint density at radius 3 is 2.65 bits per heavy atom. The number of carbonyl (C=O) groups is 1. The first-order valence-corrected chi connectivity index (χ1v) is 6.33. The summed E-state index contributed by atoms with van der Waals surface area (Å²) in [5.74, 6) is 0.383. The standard InChI is InChI=1S/C15H14ClNO3/c1-9-7-10(3-5-13(9)18)15(19)17-12-8-11(16)4-6-14(12)20-2/h3-8,18H,1-2H3,(H,17,19). The quantitative estimate of drug-likeness (QED) is 0.908. The van der Waals surface area contributed by atoms with Crippen LogP contribution in [-0.2, 0) is 0 Å². The first-order chi connectivity index (χ1) is 9.51. The minimum Gasteiger partial charge on any atom is -0.508 e. The Hall–Kier alpha value is -2.20. The molecule has 0 aliphatic heterocycles. The van der Waals surface area contributed by atoms with Gasteiger partial charge in [0.2, 0.25) is 0 Å². The van der Waals surface area contributed by atoms with Crippen molar-refractivity contribution in [2.24, 2.45) is 0 Å². The van der Waals surface area contributed by atoms with Crippen LogP contribution in [0.15, 0.2) is 36.4 Å². The van der Waals surface area contributed by atoms with Crippen LogP contribution in [0.25, 0.3) is 0 Å². The molecule has 0 saturated heterocycles. The number of phenolic OH excluding ortho intramolecular Hbond substituents is 1. The fourth-order valence-electron chi connectivity index (χ4n) is 1.77. The van der Waals surface area contributed by atoms with Crippen molar-refractivity contribution in [2.45, 2.75) is 6.92 Å². The molecule has 0 spiro atoms. The average molecular weight is 292 g/mol. The number of nitrogens with one attached hydrogen (secondary N) is 1. The number of benzene rings is 2. The van der Waals surface area contributed by atoms with E-state index in [9.17, 15) is 9.90 Å². The van der Waals surface area contributed by atoms with Gasteiger partial charge in [-0.15, -0.1) is 0 Å². The van der Waals surface area contributed by atoms with Gasteiger partial charge in [0.1, 0.15) is 11.5 Å². The van der Waals surface area contributed by atoms with Gasteiger partial charge in [0.15, 0.2) is 0 Å². The molecule has 0 radical (unpaired) electrons. The van der Waals surface area contributed by atoms with Crippen molar-refractivity contribution in [3.63, 3.8) is 0 Å². The van der Waals surface area contributed by atoms with E-state index in [1.165, 1.54) is 13.2 Å². The highest BCUT2D eigenvalue weighted by Crippen LogP contribution is 2.28. The van der Waals surface area contributed by atoms with Crippen molar-refractivity contribution in [3.05, 3.63) is 52.5 Å². The molecular formula is C15H14ClNO3. The lowest BCUT2D eigenvalue weighted by Crippen LogP contribution is -2.12. The molecule has 104 valence electrons. The zero-order valence-corrected chi connectivity index (χ0v) is 11.9. The molecule has 1 amide bonds. The van der Waals surface area contributed by atoms with Crippen LogP contribution in [0.1, 0.15) is 15.9 Å². The second-order valence-electron chi connectivity index (χ2n) is 4.30. The predicted octanol–water partition coefficient (Wildman–Crippen LogP) is 3.61. The number of hydrogen-bond acceptors (Lipinski definition) is 3. The normalized spacial score (nSPS) is 10.2. The number of rotatable bonds is 3. The molecule has 0 fully saturated rings. The number of aryl methyl sites for hydroxylation is 1. The maximum Gasteiger partial charge on any atom is 0.255 e. The number of halogens is 1. The van der Waals surface area contributed by atoms with Crippen molar-refractivity contribution in [1.82, 2.24) is 0 Å². The van der Waals surface area contributed by atoms with Gasteiger partial charge in [0, 0.05) is 10.6 Å². The van der Waals surface area contributed by atoms with Gasteiger partial charge in [-0.2, -0.15) is 0 Å². The van der Waals surface area contributed by atoms with E-state index in [0.29, 0.717) is 27.6 Å². The molecule has 4 nitrogen and oxygen atoms in total. The summed E-state index contributed by atoms with van der Waals surface area (Å²) in [6, 6.07) is 9.63. The van der Waals surface area contributed by atoms with Crippen molar-refractivity contribution < 1.29 is 14.6 Å². The molecule has 0 aliphatic rings. The molecule has 0 unspecified atom stereocenters.